The molecule has 0 spiro atoms. The van der Waals surface area contributed by atoms with Gasteiger partial charge in [-0.25, -0.2) is 13.4 Å². The van der Waals surface area contributed by atoms with Crippen LogP contribution in [0.4, 0.5) is 5.82 Å². The Kier molecular flexibility index (Phi) is 6.42. The van der Waals surface area contributed by atoms with Gasteiger partial charge in [-0.2, -0.15) is 4.31 Å². The summed E-state index contributed by atoms with van der Waals surface area (Å²) in [5.41, 5.74) is 0. The van der Waals surface area contributed by atoms with Crippen molar-refractivity contribution in [2.45, 2.75) is 51.0 Å². The molecule has 6 heteroatoms. The van der Waals surface area contributed by atoms with Crippen molar-refractivity contribution in [2.75, 3.05) is 18.9 Å². The Morgan fingerprint density at radius 1 is 1.30 bits per heavy atom. The molecule has 5 nitrogen and oxygen atoms in total. The van der Waals surface area contributed by atoms with Gasteiger partial charge in [0.1, 0.15) is 10.7 Å². The monoisotopic (exact) mass is 299 g/mol. The maximum absolute atomic E-state index is 12.7. The van der Waals surface area contributed by atoms with Gasteiger partial charge in [0.05, 0.1) is 0 Å². The highest BCUT2D eigenvalue weighted by Crippen LogP contribution is 2.24. The molecule has 20 heavy (non-hydrogen) atoms. The van der Waals surface area contributed by atoms with Crippen LogP contribution < -0.4 is 5.32 Å². The number of sulfonamides is 1. The van der Waals surface area contributed by atoms with Crippen LogP contribution in [0.5, 0.6) is 0 Å². The normalized spacial score (nSPS) is 12.1. The second-order valence-corrected chi connectivity index (χ2v) is 6.73. The zero-order valence-electron chi connectivity index (χ0n) is 12.8. The van der Waals surface area contributed by atoms with Crippen molar-refractivity contribution in [1.82, 2.24) is 9.29 Å². The van der Waals surface area contributed by atoms with E-state index in [9.17, 15) is 8.42 Å². The highest BCUT2D eigenvalue weighted by molar-refractivity contribution is 7.89. The van der Waals surface area contributed by atoms with Gasteiger partial charge in [-0.1, -0.05) is 20.8 Å². The molecule has 0 saturated carbocycles. The fourth-order valence-corrected chi connectivity index (χ4v) is 3.75. The first-order valence-electron chi connectivity index (χ1n) is 7.15. The second-order valence-electron chi connectivity index (χ2n) is 4.77. The number of nitrogens with zero attached hydrogens (tertiary/aromatic N) is 2. The van der Waals surface area contributed by atoms with Crippen molar-refractivity contribution < 1.29 is 8.42 Å². The molecule has 0 atom stereocenters. The fourth-order valence-electron chi connectivity index (χ4n) is 2.13. The molecule has 1 heterocycles. The largest absolute Gasteiger partial charge is 0.369 e. The number of nitrogens with one attached hydrogen (secondary N) is 1. The van der Waals surface area contributed by atoms with Crippen molar-refractivity contribution in [3.63, 3.8) is 0 Å². The zero-order chi connectivity index (χ0) is 15.2. The molecule has 0 fully saturated rings. The Morgan fingerprint density at radius 2 is 1.95 bits per heavy atom. The molecule has 114 valence electrons. The van der Waals surface area contributed by atoms with E-state index in [-0.39, 0.29) is 10.9 Å². The summed E-state index contributed by atoms with van der Waals surface area (Å²) in [6.45, 7) is 6.73. The van der Waals surface area contributed by atoms with E-state index in [1.54, 1.807) is 25.4 Å². The van der Waals surface area contributed by atoms with Gasteiger partial charge in [-0.05, 0) is 31.4 Å². The summed E-state index contributed by atoms with van der Waals surface area (Å²) in [7, 11) is -1.87. The van der Waals surface area contributed by atoms with Gasteiger partial charge in [-0.3, -0.25) is 0 Å². The zero-order valence-corrected chi connectivity index (χ0v) is 13.6. The summed E-state index contributed by atoms with van der Waals surface area (Å²) in [4.78, 5) is 4.41. The van der Waals surface area contributed by atoms with Crippen molar-refractivity contribution in [1.29, 1.82) is 0 Å². The van der Waals surface area contributed by atoms with Gasteiger partial charge < -0.3 is 5.32 Å². The standard InChI is InChI=1S/C14H25N3O2S/c1-5-10-15-14-13(9-8-11-16-14)20(18,19)17(4)12(6-2)7-3/h8-9,11-12H,5-7,10H2,1-4H3,(H,15,16). The topological polar surface area (TPSA) is 62.3 Å². The molecular formula is C14H25N3O2S. The van der Waals surface area contributed by atoms with E-state index in [1.165, 1.54) is 4.31 Å². The molecule has 0 saturated heterocycles. The minimum Gasteiger partial charge on any atom is -0.369 e. The van der Waals surface area contributed by atoms with Crippen LogP contribution in [-0.4, -0.2) is 37.3 Å². The van der Waals surface area contributed by atoms with Crippen molar-refractivity contribution in [3.8, 4) is 0 Å². The van der Waals surface area contributed by atoms with E-state index in [1.807, 2.05) is 20.8 Å². The Hall–Kier alpha value is -1.14. The van der Waals surface area contributed by atoms with Crippen LogP contribution in [0, 0.1) is 0 Å². The summed E-state index contributed by atoms with van der Waals surface area (Å²) < 4.78 is 26.9. The number of pyridine rings is 1. The molecule has 1 rings (SSSR count). The van der Waals surface area contributed by atoms with Gasteiger partial charge in [0.2, 0.25) is 10.0 Å². The molecule has 0 unspecified atom stereocenters. The summed E-state index contributed by atoms with van der Waals surface area (Å²) in [6.07, 6.45) is 4.11. The lowest BCUT2D eigenvalue weighted by molar-refractivity contribution is 0.350. The highest BCUT2D eigenvalue weighted by atomic mass is 32.2. The number of aromatic nitrogens is 1. The predicted molar refractivity (Wildman–Crippen MR) is 82.3 cm³/mol. The SMILES string of the molecule is CCCNc1ncccc1S(=O)(=O)N(C)C(CC)CC. The van der Waals surface area contributed by atoms with Gasteiger partial charge in [-0.15, -0.1) is 0 Å². The first-order chi connectivity index (χ1) is 9.48. The maximum Gasteiger partial charge on any atom is 0.246 e. The van der Waals surface area contributed by atoms with Crippen LogP contribution in [0.25, 0.3) is 0 Å². The fraction of sp³-hybridized carbons (Fsp3) is 0.643. The summed E-state index contributed by atoms with van der Waals surface area (Å²) in [6, 6.07) is 3.28. The van der Waals surface area contributed by atoms with E-state index >= 15 is 0 Å². The van der Waals surface area contributed by atoms with Gasteiger partial charge in [0.25, 0.3) is 0 Å². The van der Waals surface area contributed by atoms with Crippen molar-refractivity contribution >= 4 is 15.8 Å². The molecule has 0 amide bonds. The Balaban J connectivity index is 3.14. The summed E-state index contributed by atoms with van der Waals surface area (Å²) >= 11 is 0. The van der Waals surface area contributed by atoms with Crippen LogP contribution in [0.2, 0.25) is 0 Å². The molecule has 0 bridgehead atoms. The Bertz CT molecular complexity index is 513. The maximum atomic E-state index is 12.7. The molecule has 0 aliphatic rings. The average Bonchev–Trinajstić information content (AvgIpc) is 2.46. The lowest BCUT2D eigenvalue weighted by atomic mass is 10.2. The van der Waals surface area contributed by atoms with E-state index in [2.05, 4.69) is 10.3 Å². The number of hydrogen-bond acceptors (Lipinski definition) is 4. The smallest absolute Gasteiger partial charge is 0.246 e. The van der Waals surface area contributed by atoms with E-state index in [0.717, 1.165) is 19.3 Å². The minimum absolute atomic E-state index is 0.0132. The third kappa shape index (κ3) is 3.70. The molecule has 1 aromatic heterocycles. The third-order valence-corrected chi connectivity index (χ3v) is 5.37. The van der Waals surface area contributed by atoms with Crippen LogP contribution >= 0.6 is 0 Å². The molecule has 0 aliphatic carbocycles. The van der Waals surface area contributed by atoms with Crippen LogP contribution in [0.1, 0.15) is 40.0 Å². The van der Waals surface area contributed by atoms with Crippen molar-refractivity contribution in [2.24, 2.45) is 0 Å². The lowest BCUT2D eigenvalue weighted by Gasteiger charge is -2.26. The van der Waals surface area contributed by atoms with E-state index < -0.39 is 10.0 Å². The number of anilines is 1. The number of rotatable bonds is 8. The molecule has 0 radical (unpaired) electrons. The second kappa shape index (κ2) is 7.59. The van der Waals surface area contributed by atoms with Gasteiger partial charge in [0.15, 0.2) is 0 Å². The molecular weight excluding hydrogens is 274 g/mol. The predicted octanol–water partition coefficient (Wildman–Crippen LogP) is 2.71. The summed E-state index contributed by atoms with van der Waals surface area (Å²) in [5, 5.41) is 3.08. The Morgan fingerprint density at radius 3 is 2.50 bits per heavy atom. The Labute approximate surface area is 122 Å². The van der Waals surface area contributed by atoms with Gasteiger partial charge in [0, 0.05) is 25.8 Å². The van der Waals surface area contributed by atoms with E-state index in [4.69, 9.17) is 0 Å². The minimum atomic E-state index is -3.52. The average molecular weight is 299 g/mol. The quantitative estimate of drug-likeness (QED) is 0.801. The van der Waals surface area contributed by atoms with Crippen LogP contribution in [0.3, 0.4) is 0 Å². The first-order valence-corrected chi connectivity index (χ1v) is 8.59. The van der Waals surface area contributed by atoms with Crippen LogP contribution in [-0.2, 0) is 10.0 Å². The molecule has 1 N–H and O–H groups in total. The highest BCUT2D eigenvalue weighted by Gasteiger charge is 2.28. The van der Waals surface area contributed by atoms with E-state index in [0.29, 0.717) is 12.4 Å². The summed E-state index contributed by atoms with van der Waals surface area (Å²) in [5.74, 6) is 0.437. The van der Waals surface area contributed by atoms with Gasteiger partial charge >= 0.3 is 0 Å². The van der Waals surface area contributed by atoms with Crippen LogP contribution in [0.15, 0.2) is 23.2 Å². The van der Waals surface area contributed by atoms with Crippen molar-refractivity contribution in [3.05, 3.63) is 18.3 Å². The lowest BCUT2D eigenvalue weighted by Crippen LogP contribution is -2.36. The molecule has 1 aromatic rings. The number of hydrogen-bond donors (Lipinski definition) is 1. The third-order valence-electron chi connectivity index (χ3n) is 3.43. The first kappa shape index (κ1) is 16.9. The molecule has 0 aromatic carbocycles. The molecule has 0 aliphatic heterocycles.